The quantitative estimate of drug-likeness (QED) is 0.702. The van der Waals surface area contributed by atoms with Crippen molar-refractivity contribution in [2.24, 2.45) is 5.92 Å². The predicted octanol–water partition coefficient (Wildman–Crippen LogP) is 1.62. The highest BCUT2D eigenvalue weighted by Gasteiger charge is 2.09. The SMILES string of the molecule is CC(CCO)CNC(=O)NCc1cc(C(C)C)no1. The molecule has 108 valence electrons. The van der Waals surface area contributed by atoms with Gasteiger partial charge in [-0.25, -0.2) is 4.79 Å². The topological polar surface area (TPSA) is 87.4 Å². The second kappa shape index (κ2) is 7.78. The van der Waals surface area contributed by atoms with E-state index in [4.69, 9.17) is 9.63 Å². The summed E-state index contributed by atoms with van der Waals surface area (Å²) in [6, 6.07) is 1.60. The van der Waals surface area contributed by atoms with Crippen LogP contribution >= 0.6 is 0 Å². The van der Waals surface area contributed by atoms with Gasteiger partial charge < -0.3 is 20.3 Å². The summed E-state index contributed by atoms with van der Waals surface area (Å²) in [5.41, 5.74) is 0.883. The zero-order valence-corrected chi connectivity index (χ0v) is 11.8. The Morgan fingerprint density at radius 2 is 2.16 bits per heavy atom. The molecular weight excluding hydrogens is 246 g/mol. The van der Waals surface area contributed by atoms with E-state index in [0.29, 0.717) is 31.2 Å². The molecule has 2 amide bonds. The maximum atomic E-state index is 11.5. The molecule has 6 heteroatoms. The molecule has 1 heterocycles. The van der Waals surface area contributed by atoms with Crippen molar-refractivity contribution in [1.82, 2.24) is 15.8 Å². The van der Waals surface area contributed by atoms with Gasteiger partial charge in [-0.05, 0) is 18.3 Å². The van der Waals surface area contributed by atoms with E-state index in [1.807, 2.05) is 26.8 Å². The predicted molar refractivity (Wildman–Crippen MR) is 71.7 cm³/mol. The number of nitrogens with zero attached hydrogens (tertiary/aromatic N) is 1. The highest BCUT2D eigenvalue weighted by molar-refractivity contribution is 5.73. The first kappa shape index (κ1) is 15.5. The minimum Gasteiger partial charge on any atom is -0.396 e. The molecule has 1 aromatic rings. The van der Waals surface area contributed by atoms with E-state index >= 15 is 0 Å². The fourth-order valence-electron chi connectivity index (χ4n) is 1.50. The van der Waals surface area contributed by atoms with Crippen LogP contribution in [0.2, 0.25) is 0 Å². The Morgan fingerprint density at radius 3 is 2.74 bits per heavy atom. The molecule has 19 heavy (non-hydrogen) atoms. The molecule has 0 aliphatic rings. The first-order valence-corrected chi connectivity index (χ1v) is 6.61. The molecule has 1 rings (SSSR count). The normalized spacial score (nSPS) is 12.5. The Hall–Kier alpha value is -1.56. The molecule has 1 aromatic heterocycles. The standard InChI is InChI=1S/C13H23N3O3/c1-9(2)12-6-11(19-16-12)8-15-13(18)14-7-10(3)4-5-17/h6,9-10,17H,4-5,7-8H2,1-3H3,(H2,14,15,18). The number of aromatic nitrogens is 1. The van der Waals surface area contributed by atoms with Crippen molar-refractivity contribution in [2.45, 2.75) is 39.7 Å². The zero-order chi connectivity index (χ0) is 14.3. The van der Waals surface area contributed by atoms with Gasteiger partial charge in [0.15, 0.2) is 5.76 Å². The van der Waals surface area contributed by atoms with Crippen LogP contribution in [0, 0.1) is 5.92 Å². The first-order chi connectivity index (χ1) is 9.02. The van der Waals surface area contributed by atoms with Crippen molar-refractivity contribution in [1.29, 1.82) is 0 Å². The van der Waals surface area contributed by atoms with Crippen molar-refractivity contribution < 1.29 is 14.4 Å². The fourth-order valence-corrected chi connectivity index (χ4v) is 1.50. The smallest absolute Gasteiger partial charge is 0.315 e. The fraction of sp³-hybridized carbons (Fsp3) is 0.692. The second-order valence-corrected chi connectivity index (χ2v) is 5.05. The summed E-state index contributed by atoms with van der Waals surface area (Å²) in [7, 11) is 0. The molecule has 0 aliphatic heterocycles. The summed E-state index contributed by atoms with van der Waals surface area (Å²) in [5, 5.41) is 18.1. The number of nitrogens with one attached hydrogen (secondary N) is 2. The number of hydrogen-bond donors (Lipinski definition) is 3. The van der Waals surface area contributed by atoms with Gasteiger partial charge in [0, 0.05) is 19.2 Å². The number of rotatable bonds is 7. The van der Waals surface area contributed by atoms with Gasteiger partial charge in [-0.3, -0.25) is 0 Å². The van der Waals surface area contributed by atoms with Crippen molar-refractivity contribution in [3.63, 3.8) is 0 Å². The van der Waals surface area contributed by atoms with Gasteiger partial charge >= 0.3 is 6.03 Å². The monoisotopic (exact) mass is 269 g/mol. The van der Waals surface area contributed by atoms with Crippen molar-refractivity contribution in [3.05, 3.63) is 17.5 Å². The average molecular weight is 269 g/mol. The number of hydrogen-bond acceptors (Lipinski definition) is 4. The highest BCUT2D eigenvalue weighted by Crippen LogP contribution is 2.13. The number of amides is 2. The summed E-state index contributed by atoms with van der Waals surface area (Å²) in [6.45, 7) is 7.04. The molecule has 1 unspecified atom stereocenters. The lowest BCUT2D eigenvalue weighted by Crippen LogP contribution is -2.37. The number of carbonyl (C=O) groups excluding carboxylic acids is 1. The highest BCUT2D eigenvalue weighted by atomic mass is 16.5. The Bertz CT molecular complexity index is 390. The number of carbonyl (C=O) groups is 1. The van der Waals surface area contributed by atoms with Crippen molar-refractivity contribution >= 4 is 6.03 Å². The van der Waals surface area contributed by atoms with Crippen LogP contribution in [-0.2, 0) is 6.54 Å². The van der Waals surface area contributed by atoms with Gasteiger partial charge in [-0.15, -0.1) is 0 Å². The summed E-state index contributed by atoms with van der Waals surface area (Å²) in [4.78, 5) is 11.5. The van der Waals surface area contributed by atoms with Crippen LogP contribution in [-0.4, -0.2) is 29.4 Å². The van der Waals surface area contributed by atoms with E-state index in [9.17, 15) is 4.79 Å². The van der Waals surface area contributed by atoms with Crippen LogP contribution in [0.25, 0.3) is 0 Å². The third-order valence-electron chi connectivity index (χ3n) is 2.82. The maximum Gasteiger partial charge on any atom is 0.315 e. The molecule has 0 radical (unpaired) electrons. The van der Waals surface area contributed by atoms with Gasteiger partial charge in [0.25, 0.3) is 0 Å². The average Bonchev–Trinajstić information content (AvgIpc) is 2.83. The maximum absolute atomic E-state index is 11.5. The van der Waals surface area contributed by atoms with E-state index < -0.39 is 0 Å². The Morgan fingerprint density at radius 1 is 1.42 bits per heavy atom. The zero-order valence-electron chi connectivity index (χ0n) is 11.8. The summed E-state index contributed by atoms with van der Waals surface area (Å²) in [5.74, 6) is 1.21. The Kier molecular flexibility index (Phi) is 6.35. The number of urea groups is 1. The summed E-state index contributed by atoms with van der Waals surface area (Å²) >= 11 is 0. The number of aliphatic hydroxyl groups excluding tert-OH is 1. The van der Waals surface area contributed by atoms with Gasteiger partial charge in [0.05, 0.1) is 12.2 Å². The second-order valence-electron chi connectivity index (χ2n) is 5.05. The largest absolute Gasteiger partial charge is 0.396 e. The molecule has 3 N–H and O–H groups in total. The van der Waals surface area contributed by atoms with Crippen LogP contribution < -0.4 is 10.6 Å². The molecule has 6 nitrogen and oxygen atoms in total. The van der Waals surface area contributed by atoms with Gasteiger partial charge in [-0.2, -0.15) is 0 Å². The van der Waals surface area contributed by atoms with E-state index in [0.717, 1.165) is 5.69 Å². The molecule has 0 bridgehead atoms. The lowest BCUT2D eigenvalue weighted by Gasteiger charge is -2.11. The molecular formula is C13H23N3O3. The van der Waals surface area contributed by atoms with Crippen LogP contribution in [0.1, 0.15) is 44.6 Å². The van der Waals surface area contributed by atoms with Gasteiger partial charge in [-0.1, -0.05) is 25.9 Å². The van der Waals surface area contributed by atoms with Crippen molar-refractivity contribution in [3.8, 4) is 0 Å². The van der Waals surface area contributed by atoms with E-state index in [-0.39, 0.29) is 18.6 Å². The molecule has 0 aliphatic carbocycles. The van der Waals surface area contributed by atoms with Crippen molar-refractivity contribution in [2.75, 3.05) is 13.2 Å². The molecule has 0 fully saturated rings. The van der Waals surface area contributed by atoms with Gasteiger partial charge in [0.2, 0.25) is 0 Å². The molecule has 0 saturated carbocycles. The van der Waals surface area contributed by atoms with Gasteiger partial charge in [0.1, 0.15) is 0 Å². The minimum absolute atomic E-state index is 0.139. The number of aliphatic hydroxyl groups is 1. The summed E-state index contributed by atoms with van der Waals surface area (Å²) < 4.78 is 5.11. The molecule has 0 saturated heterocycles. The third kappa shape index (κ3) is 5.74. The Balaban J connectivity index is 2.25. The third-order valence-corrected chi connectivity index (χ3v) is 2.82. The Labute approximate surface area is 113 Å². The summed E-state index contributed by atoms with van der Waals surface area (Å²) in [6.07, 6.45) is 0.681. The lowest BCUT2D eigenvalue weighted by molar-refractivity contribution is 0.232. The van der Waals surface area contributed by atoms with E-state index in [1.54, 1.807) is 0 Å². The van der Waals surface area contributed by atoms with Crippen LogP contribution in [0.15, 0.2) is 10.6 Å². The van der Waals surface area contributed by atoms with Crippen LogP contribution in [0.3, 0.4) is 0 Å². The lowest BCUT2D eigenvalue weighted by atomic mass is 10.1. The van der Waals surface area contributed by atoms with E-state index in [2.05, 4.69) is 15.8 Å². The van der Waals surface area contributed by atoms with Crippen LogP contribution in [0.4, 0.5) is 4.79 Å². The molecule has 1 atom stereocenters. The molecule has 0 aromatic carbocycles. The first-order valence-electron chi connectivity index (χ1n) is 6.61. The molecule has 0 spiro atoms. The minimum atomic E-state index is -0.243. The van der Waals surface area contributed by atoms with E-state index in [1.165, 1.54) is 0 Å². The van der Waals surface area contributed by atoms with Crippen LogP contribution in [0.5, 0.6) is 0 Å².